The first-order valence-corrected chi connectivity index (χ1v) is 7.15. The van der Waals surface area contributed by atoms with Crippen LogP contribution in [0.5, 0.6) is 11.5 Å². The number of aromatic nitrogens is 1. The number of nitrogens with zero attached hydrogens (tertiary/aromatic N) is 1. The highest BCUT2D eigenvalue weighted by atomic mass is 16.5. The molecule has 0 aliphatic heterocycles. The maximum atomic E-state index is 5.84. The smallest absolute Gasteiger partial charge is 0.174 e. The fourth-order valence-corrected chi connectivity index (χ4v) is 1.99. The standard InChI is InChI=1S/C16H22N2O3/c1-4-7-17-10-13-9-14(19-3)5-6-16(13)20-11-15-8-12(2)18-21-15/h5-6,8-9,17H,4,7,10-11H2,1-3H3. The molecule has 114 valence electrons. The third kappa shape index (κ3) is 4.49. The quantitative estimate of drug-likeness (QED) is 0.757. The largest absolute Gasteiger partial charge is 0.497 e. The Bertz CT molecular complexity index is 566. The Morgan fingerprint density at radius 1 is 1.29 bits per heavy atom. The molecule has 1 aromatic carbocycles. The minimum Gasteiger partial charge on any atom is -0.497 e. The summed E-state index contributed by atoms with van der Waals surface area (Å²) in [5.41, 5.74) is 1.92. The van der Waals surface area contributed by atoms with Crippen molar-refractivity contribution in [1.29, 1.82) is 0 Å². The molecule has 0 radical (unpaired) electrons. The van der Waals surface area contributed by atoms with Crippen molar-refractivity contribution in [1.82, 2.24) is 10.5 Å². The van der Waals surface area contributed by atoms with Crippen molar-refractivity contribution in [2.45, 2.75) is 33.4 Å². The molecule has 0 saturated heterocycles. The highest BCUT2D eigenvalue weighted by Gasteiger charge is 2.08. The van der Waals surface area contributed by atoms with Crippen LogP contribution in [0, 0.1) is 6.92 Å². The van der Waals surface area contributed by atoms with Gasteiger partial charge in [-0.05, 0) is 38.1 Å². The molecule has 0 aliphatic rings. The van der Waals surface area contributed by atoms with E-state index in [1.165, 1.54) is 0 Å². The van der Waals surface area contributed by atoms with E-state index in [1.54, 1.807) is 7.11 Å². The molecule has 0 amide bonds. The van der Waals surface area contributed by atoms with Crippen LogP contribution in [-0.4, -0.2) is 18.8 Å². The van der Waals surface area contributed by atoms with Crippen molar-refractivity contribution >= 4 is 0 Å². The monoisotopic (exact) mass is 290 g/mol. The second kappa shape index (κ2) is 7.69. The van der Waals surface area contributed by atoms with Gasteiger partial charge in [-0.15, -0.1) is 0 Å². The fraction of sp³-hybridized carbons (Fsp3) is 0.438. The van der Waals surface area contributed by atoms with Gasteiger partial charge in [0.2, 0.25) is 0 Å². The van der Waals surface area contributed by atoms with Crippen LogP contribution in [0.15, 0.2) is 28.8 Å². The van der Waals surface area contributed by atoms with E-state index in [9.17, 15) is 0 Å². The average Bonchev–Trinajstić information content (AvgIpc) is 2.91. The molecule has 1 heterocycles. The van der Waals surface area contributed by atoms with Crippen molar-refractivity contribution in [2.75, 3.05) is 13.7 Å². The lowest BCUT2D eigenvalue weighted by atomic mass is 10.2. The van der Waals surface area contributed by atoms with E-state index in [2.05, 4.69) is 17.4 Å². The maximum absolute atomic E-state index is 5.84. The van der Waals surface area contributed by atoms with Crippen LogP contribution in [0.25, 0.3) is 0 Å². The van der Waals surface area contributed by atoms with Crippen LogP contribution in [0.3, 0.4) is 0 Å². The van der Waals surface area contributed by atoms with E-state index in [-0.39, 0.29) is 0 Å². The lowest BCUT2D eigenvalue weighted by Gasteiger charge is -2.12. The zero-order valence-electron chi connectivity index (χ0n) is 12.8. The van der Waals surface area contributed by atoms with Gasteiger partial charge in [0.05, 0.1) is 12.8 Å². The number of rotatable bonds is 8. The topological polar surface area (TPSA) is 56.5 Å². The van der Waals surface area contributed by atoms with Gasteiger partial charge in [0, 0.05) is 18.2 Å². The SMILES string of the molecule is CCCNCc1cc(OC)ccc1OCc1cc(C)no1. The van der Waals surface area contributed by atoms with E-state index < -0.39 is 0 Å². The van der Waals surface area contributed by atoms with Gasteiger partial charge < -0.3 is 19.3 Å². The number of aryl methyl sites for hydroxylation is 1. The molecule has 0 atom stereocenters. The Balaban J connectivity index is 2.05. The minimum absolute atomic E-state index is 0.369. The minimum atomic E-state index is 0.369. The summed E-state index contributed by atoms with van der Waals surface area (Å²) >= 11 is 0. The number of methoxy groups -OCH3 is 1. The molecule has 0 spiro atoms. The van der Waals surface area contributed by atoms with Gasteiger partial charge in [0.25, 0.3) is 0 Å². The molecule has 5 heteroatoms. The van der Waals surface area contributed by atoms with Crippen molar-refractivity contribution in [2.24, 2.45) is 0 Å². The van der Waals surface area contributed by atoms with Crippen LogP contribution in [0.1, 0.15) is 30.4 Å². The summed E-state index contributed by atoms with van der Waals surface area (Å²) in [6.45, 7) is 6.12. The lowest BCUT2D eigenvalue weighted by Crippen LogP contribution is -2.14. The Kier molecular flexibility index (Phi) is 5.63. The molecule has 0 fully saturated rings. The first-order chi connectivity index (χ1) is 10.2. The summed E-state index contributed by atoms with van der Waals surface area (Å²) in [5.74, 6) is 2.37. The molecule has 1 N–H and O–H groups in total. The van der Waals surface area contributed by atoms with Gasteiger partial charge in [0.1, 0.15) is 18.1 Å². The van der Waals surface area contributed by atoms with E-state index in [0.29, 0.717) is 6.61 Å². The number of nitrogens with one attached hydrogen (secondary N) is 1. The Morgan fingerprint density at radius 2 is 2.14 bits per heavy atom. The molecule has 5 nitrogen and oxygen atoms in total. The Hall–Kier alpha value is -2.01. The first-order valence-electron chi connectivity index (χ1n) is 7.15. The van der Waals surface area contributed by atoms with E-state index in [4.69, 9.17) is 14.0 Å². The molecular formula is C16H22N2O3. The molecular weight excluding hydrogens is 268 g/mol. The van der Waals surface area contributed by atoms with Gasteiger partial charge >= 0.3 is 0 Å². The highest BCUT2D eigenvalue weighted by molar-refractivity contribution is 5.40. The summed E-state index contributed by atoms with van der Waals surface area (Å²) in [7, 11) is 1.66. The molecule has 0 saturated carbocycles. The third-order valence-electron chi connectivity index (χ3n) is 3.06. The first kappa shape index (κ1) is 15.4. The van der Waals surface area contributed by atoms with Gasteiger partial charge in [-0.2, -0.15) is 0 Å². The van der Waals surface area contributed by atoms with Crippen LogP contribution in [0.4, 0.5) is 0 Å². The summed E-state index contributed by atoms with van der Waals surface area (Å²) in [6, 6.07) is 7.68. The Morgan fingerprint density at radius 3 is 2.81 bits per heavy atom. The van der Waals surface area contributed by atoms with E-state index in [0.717, 1.165) is 48.0 Å². The fourth-order valence-electron chi connectivity index (χ4n) is 1.99. The average molecular weight is 290 g/mol. The van der Waals surface area contributed by atoms with Crippen LogP contribution in [-0.2, 0) is 13.2 Å². The normalized spacial score (nSPS) is 10.6. The Labute approximate surface area is 125 Å². The van der Waals surface area contributed by atoms with E-state index >= 15 is 0 Å². The predicted octanol–water partition coefficient (Wildman–Crippen LogP) is 3.07. The van der Waals surface area contributed by atoms with Crippen LogP contribution < -0.4 is 14.8 Å². The number of hydrogen-bond acceptors (Lipinski definition) is 5. The second-order valence-electron chi connectivity index (χ2n) is 4.87. The van der Waals surface area contributed by atoms with Gasteiger partial charge in [-0.1, -0.05) is 12.1 Å². The maximum Gasteiger partial charge on any atom is 0.174 e. The summed E-state index contributed by atoms with van der Waals surface area (Å²) < 4.78 is 16.3. The number of benzene rings is 1. The van der Waals surface area contributed by atoms with Crippen molar-refractivity contribution in [3.63, 3.8) is 0 Å². The zero-order valence-corrected chi connectivity index (χ0v) is 12.8. The zero-order chi connectivity index (χ0) is 15.1. The summed E-state index contributed by atoms with van der Waals surface area (Å²) in [5, 5.41) is 7.23. The summed E-state index contributed by atoms with van der Waals surface area (Å²) in [6.07, 6.45) is 1.09. The van der Waals surface area contributed by atoms with Crippen molar-refractivity contribution < 1.29 is 14.0 Å². The van der Waals surface area contributed by atoms with Crippen LogP contribution >= 0.6 is 0 Å². The van der Waals surface area contributed by atoms with E-state index in [1.807, 2.05) is 31.2 Å². The highest BCUT2D eigenvalue weighted by Crippen LogP contribution is 2.25. The van der Waals surface area contributed by atoms with Crippen molar-refractivity contribution in [3.8, 4) is 11.5 Å². The number of hydrogen-bond donors (Lipinski definition) is 1. The molecule has 2 rings (SSSR count). The second-order valence-corrected chi connectivity index (χ2v) is 4.87. The molecule has 0 aliphatic carbocycles. The molecule has 0 bridgehead atoms. The van der Waals surface area contributed by atoms with Gasteiger partial charge in [-0.3, -0.25) is 0 Å². The molecule has 21 heavy (non-hydrogen) atoms. The molecule has 2 aromatic rings. The van der Waals surface area contributed by atoms with Crippen LogP contribution in [0.2, 0.25) is 0 Å². The van der Waals surface area contributed by atoms with Gasteiger partial charge in [-0.25, -0.2) is 0 Å². The van der Waals surface area contributed by atoms with Crippen molar-refractivity contribution in [3.05, 3.63) is 41.3 Å². The molecule has 0 unspecified atom stereocenters. The molecule has 1 aromatic heterocycles. The third-order valence-corrected chi connectivity index (χ3v) is 3.06. The summed E-state index contributed by atoms with van der Waals surface area (Å²) in [4.78, 5) is 0. The lowest BCUT2D eigenvalue weighted by molar-refractivity contribution is 0.246. The predicted molar refractivity (Wildman–Crippen MR) is 80.6 cm³/mol. The number of ether oxygens (including phenoxy) is 2. The van der Waals surface area contributed by atoms with Gasteiger partial charge in [0.15, 0.2) is 5.76 Å².